The Balaban J connectivity index is 2.94. The molecule has 1 rings (SSSR count). The Morgan fingerprint density at radius 3 is 2.77 bits per heavy atom. The Morgan fingerprint density at radius 1 is 1.54 bits per heavy atom. The number of alkyl halides is 1. The van der Waals surface area contributed by atoms with Gasteiger partial charge in [0.15, 0.2) is 0 Å². The van der Waals surface area contributed by atoms with Gasteiger partial charge in [-0.1, -0.05) is 22.9 Å². The fourth-order valence-corrected chi connectivity index (χ4v) is 1.56. The summed E-state index contributed by atoms with van der Waals surface area (Å²) in [6, 6.07) is 4.57. The van der Waals surface area contributed by atoms with Gasteiger partial charge in [-0.3, -0.25) is 0 Å². The Bertz CT molecular complexity index is 286. The smallest absolute Gasteiger partial charge is 0.123 e. The highest BCUT2D eigenvalue weighted by Gasteiger charge is 2.06. The Hall–Kier alpha value is -0.570. The van der Waals surface area contributed by atoms with Crippen LogP contribution in [0.2, 0.25) is 0 Å². The number of halogens is 2. The van der Waals surface area contributed by atoms with Crippen molar-refractivity contribution < 1.29 is 9.13 Å². The van der Waals surface area contributed by atoms with Crippen LogP contribution in [0.1, 0.15) is 12.5 Å². The highest BCUT2D eigenvalue weighted by molar-refractivity contribution is 9.09. The zero-order chi connectivity index (χ0) is 9.84. The van der Waals surface area contributed by atoms with Crippen LogP contribution in [0.3, 0.4) is 0 Å². The first-order valence-corrected chi connectivity index (χ1v) is 5.01. The van der Waals surface area contributed by atoms with E-state index in [0.717, 1.165) is 17.7 Å². The average Bonchev–Trinajstić information content (AvgIpc) is 2.03. The predicted molar refractivity (Wildman–Crippen MR) is 55.0 cm³/mol. The lowest BCUT2D eigenvalue weighted by atomic mass is 10.1. The van der Waals surface area contributed by atoms with Crippen LogP contribution in [0.15, 0.2) is 18.2 Å². The van der Waals surface area contributed by atoms with E-state index in [4.69, 9.17) is 4.74 Å². The summed E-state index contributed by atoms with van der Waals surface area (Å²) in [6.45, 7) is 2.02. The number of hydrogen-bond donors (Lipinski definition) is 0. The molecule has 0 fully saturated rings. The summed E-state index contributed by atoms with van der Waals surface area (Å²) in [4.78, 5) is 0.322. The molecule has 0 aliphatic carbocycles. The van der Waals surface area contributed by atoms with E-state index in [2.05, 4.69) is 15.9 Å². The van der Waals surface area contributed by atoms with Gasteiger partial charge in [0, 0.05) is 4.83 Å². The van der Waals surface area contributed by atoms with Gasteiger partial charge in [0.1, 0.15) is 11.6 Å². The molecular formula is C10H12BrFO. The van der Waals surface area contributed by atoms with Gasteiger partial charge in [-0.25, -0.2) is 4.39 Å². The Morgan fingerprint density at radius 2 is 2.23 bits per heavy atom. The molecule has 1 aromatic carbocycles. The van der Waals surface area contributed by atoms with E-state index in [-0.39, 0.29) is 5.82 Å². The van der Waals surface area contributed by atoms with Crippen LogP contribution in [-0.2, 0) is 6.42 Å². The standard InChI is InChI=1S/C10H12BrFO/c1-7(11)5-8-6-9(12)3-4-10(8)13-2/h3-4,6-7H,5H2,1-2H3. The first-order valence-electron chi connectivity index (χ1n) is 4.10. The molecule has 13 heavy (non-hydrogen) atoms. The van der Waals surface area contributed by atoms with Crippen molar-refractivity contribution in [3.05, 3.63) is 29.6 Å². The summed E-state index contributed by atoms with van der Waals surface area (Å²) in [7, 11) is 1.59. The first-order chi connectivity index (χ1) is 6.13. The van der Waals surface area contributed by atoms with Gasteiger partial charge in [-0.15, -0.1) is 0 Å². The van der Waals surface area contributed by atoms with Crippen LogP contribution in [0.4, 0.5) is 4.39 Å². The molecule has 1 nitrogen and oxygen atoms in total. The largest absolute Gasteiger partial charge is 0.496 e. The number of hydrogen-bond acceptors (Lipinski definition) is 1. The van der Waals surface area contributed by atoms with Gasteiger partial charge in [0.05, 0.1) is 7.11 Å². The number of rotatable bonds is 3. The molecule has 0 aliphatic heterocycles. The summed E-state index contributed by atoms with van der Waals surface area (Å²) < 4.78 is 18.0. The second kappa shape index (κ2) is 4.61. The summed E-state index contributed by atoms with van der Waals surface area (Å²) in [6.07, 6.45) is 0.765. The van der Waals surface area contributed by atoms with E-state index in [1.54, 1.807) is 13.2 Å². The van der Waals surface area contributed by atoms with Gasteiger partial charge < -0.3 is 4.74 Å². The fraction of sp³-hybridized carbons (Fsp3) is 0.400. The van der Waals surface area contributed by atoms with Crippen molar-refractivity contribution in [2.45, 2.75) is 18.2 Å². The minimum absolute atomic E-state index is 0.219. The molecule has 72 valence electrons. The van der Waals surface area contributed by atoms with Gasteiger partial charge in [0.25, 0.3) is 0 Å². The molecule has 3 heteroatoms. The zero-order valence-electron chi connectivity index (χ0n) is 7.68. The topological polar surface area (TPSA) is 9.23 Å². The lowest BCUT2D eigenvalue weighted by molar-refractivity contribution is 0.408. The van der Waals surface area contributed by atoms with Crippen LogP contribution in [0.25, 0.3) is 0 Å². The van der Waals surface area contributed by atoms with Gasteiger partial charge >= 0.3 is 0 Å². The molecule has 0 N–H and O–H groups in total. The summed E-state index contributed by atoms with van der Waals surface area (Å²) in [5, 5.41) is 0. The molecule has 0 heterocycles. The quantitative estimate of drug-likeness (QED) is 0.745. The SMILES string of the molecule is COc1ccc(F)cc1CC(C)Br. The summed E-state index contributed by atoms with van der Waals surface area (Å²) >= 11 is 3.42. The lowest BCUT2D eigenvalue weighted by Crippen LogP contribution is -2.00. The van der Waals surface area contributed by atoms with Crippen molar-refractivity contribution in [3.8, 4) is 5.75 Å². The summed E-state index contributed by atoms with van der Waals surface area (Å²) in [5.74, 6) is 0.525. The van der Waals surface area contributed by atoms with Crippen molar-refractivity contribution in [2.75, 3.05) is 7.11 Å². The molecule has 1 atom stereocenters. The Labute approximate surface area is 86.0 Å². The molecule has 0 spiro atoms. The molecule has 0 bridgehead atoms. The van der Waals surface area contributed by atoms with Crippen LogP contribution < -0.4 is 4.74 Å². The van der Waals surface area contributed by atoms with Crippen LogP contribution >= 0.6 is 15.9 Å². The molecule has 0 aromatic heterocycles. The molecule has 0 saturated carbocycles. The molecule has 0 amide bonds. The van der Waals surface area contributed by atoms with Gasteiger partial charge in [-0.2, -0.15) is 0 Å². The number of benzene rings is 1. The second-order valence-electron chi connectivity index (χ2n) is 2.94. The predicted octanol–water partition coefficient (Wildman–Crippen LogP) is 3.16. The van der Waals surface area contributed by atoms with Crippen molar-refractivity contribution in [3.63, 3.8) is 0 Å². The lowest BCUT2D eigenvalue weighted by Gasteiger charge is -2.09. The van der Waals surface area contributed by atoms with E-state index in [1.807, 2.05) is 6.92 Å². The van der Waals surface area contributed by atoms with Crippen molar-refractivity contribution >= 4 is 15.9 Å². The van der Waals surface area contributed by atoms with E-state index < -0.39 is 0 Å². The molecule has 1 aromatic rings. The highest BCUT2D eigenvalue weighted by atomic mass is 79.9. The minimum Gasteiger partial charge on any atom is -0.496 e. The summed E-state index contributed by atoms with van der Waals surface area (Å²) in [5.41, 5.74) is 0.895. The van der Waals surface area contributed by atoms with Gasteiger partial charge in [0.2, 0.25) is 0 Å². The minimum atomic E-state index is -0.219. The Kier molecular flexibility index (Phi) is 3.72. The maximum absolute atomic E-state index is 12.9. The number of methoxy groups -OCH3 is 1. The molecular weight excluding hydrogens is 235 g/mol. The molecule has 0 saturated heterocycles. The number of ether oxygens (including phenoxy) is 1. The maximum atomic E-state index is 12.9. The van der Waals surface area contributed by atoms with E-state index in [0.29, 0.717) is 4.83 Å². The van der Waals surface area contributed by atoms with E-state index in [9.17, 15) is 4.39 Å². The van der Waals surface area contributed by atoms with Crippen molar-refractivity contribution in [2.24, 2.45) is 0 Å². The third kappa shape index (κ3) is 2.99. The van der Waals surface area contributed by atoms with Crippen molar-refractivity contribution in [1.29, 1.82) is 0 Å². The highest BCUT2D eigenvalue weighted by Crippen LogP contribution is 2.22. The maximum Gasteiger partial charge on any atom is 0.123 e. The molecule has 1 unspecified atom stereocenters. The zero-order valence-corrected chi connectivity index (χ0v) is 9.27. The van der Waals surface area contributed by atoms with E-state index in [1.165, 1.54) is 12.1 Å². The average molecular weight is 247 g/mol. The monoisotopic (exact) mass is 246 g/mol. The van der Waals surface area contributed by atoms with Crippen LogP contribution in [0.5, 0.6) is 5.75 Å². The van der Waals surface area contributed by atoms with Crippen molar-refractivity contribution in [1.82, 2.24) is 0 Å². The third-order valence-electron chi connectivity index (χ3n) is 1.74. The molecule has 0 radical (unpaired) electrons. The second-order valence-corrected chi connectivity index (χ2v) is 4.50. The van der Waals surface area contributed by atoms with Crippen LogP contribution in [-0.4, -0.2) is 11.9 Å². The normalized spacial score (nSPS) is 12.6. The fourth-order valence-electron chi connectivity index (χ4n) is 1.21. The third-order valence-corrected chi connectivity index (χ3v) is 2.07. The van der Waals surface area contributed by atoms with E-state index >= 15 is 0 Å². The molecule has 0 aliphatic rings. The van der Waals surface area contributed by atoms with Crippen LogP contribution in [0, 0.1) is 5.82 Å². The first kappa shape index (κ1) is 10.5. The van der Waals surface area contributed by atoms with Gasteiger partial charge in [-0.05, 0) is 30.2 Å².